The lowest BCUT2D eigenvalue weighted by Crippen LogP contribution is -2.52. The number of carboxylic acid groups (broad SMARTS) is 1. The summed E-state index contributed by atoms with van der Waals surface area (Å²) in [4.78, 5) is 15.5. The zero-order valence-electron chi connectivity index (χ0n) is 11.4. The first-order chi connectivity index (χ1) is 9.79. The van der Waals surface area contributed by atoms with Crippen LogP contribution in [0.3, 0.4) is 0 Å². The van der Waals surface area contributed by atoms with Gasteiger partial charge in [0.1, 0.15) is 0 Å². The van der Waals surface area contributed by atoms with E-state index in [4.69, 9.17) is 5.11 Å². The molecule has 1 heterocycles. The molecule has 0 unspecified atom stereocenters. The number of benzene rings is 1. The number of aromatic carboxylic acids is 1. The molecule has 0 spiro atoms. The molecule has 0 bridgehead atoms. The highest BCUT2D eigenvalue weighted by molar-refractivity contribution is 9.10. The number of carbonyl (C=O) groups is 1. The minimum absolute atomic E-state index is 0.0198. The van der Waals surface area contributed by atoms with Crippen LogP contribution >= 0.6 is 15.9 Å². The molecule has 0 atom stereocenters. The summed E-state index contributed by atoms with van der Waals surface area (Å²) in [6.45, 7) is 2.75. The Kier molecular flexibility index (Phi) is 4.99. The number of nitrogens with zero attached hydrogens (tertiary/aromatic N) is 2. The molecule has 7 nitrogen and oxygen atoms in total. The first-order valence-electron chi connectivity index (χ1n) is 6.28. The van der Waals surface area contributed by atoms with Crippen LogP contribution in [0.4, 0.5) is 0 Å². The maximum atomic E-state index is 12.3. The van der Waals surface area contributed by atoms with Gasteiger partial charge in [-0.2, -0.15) is 0 Å². The van der Waals surface area contributed by atoms with E-state index in [0.29, 0.717) is 13.1 Å². The largest absolute Gasteiger partial charge is 0.478 e. The fourth-order valence-corrected chi connectivity index (χ4v) is 4.17. The molecule has 2 rings (SSSR count). The Labute approximate surface area is 131 Å². The number of carboxylic acids is 1. The van der Waals surface area contributed by atoms with Crippen molar-refractivity contribution in [2.24, 2.45) is 0 Å². The topological polar surface area (TPSA) is 90.0 Å². The third-order valence-electron chi connectivity index (χ3n) is 3.22. The summed E-state index contributed by atoms with van der Waals surface area (Å²) >= 11 is 3.12. The highest BCUT2D eigenvalue weighted by Gasteiger charge is 2.23. The molecule has 21 heavy (non-hydrogen) atoms. The van der Waals surface area contributed by atoms with E-state index in [1.807, 2.05) is 7.05 Å². The molecule has 1 aromatic carbocycles. The molecule has 1 fully saturated rings. The second-order valence-corrected chi connectivity index (χ2v) is 7.32. The fourth-order valence-electron chi connectivity index (χ4n) is 1.97. The molecular weight excluding hydrogens is 362 g/mol. The lowest BCUT2D eigenvalue weighted by atomic mass is 10.2. The number of hydrogen-bond acceptors (Lipinski definition) is 5. The van der Waals surface area contributed by atoms with E-state index >= 15 is 0 Å². The molecule has 116 valence electrons. The number of likely N-dealkylation sites (N-methyl/N-ethyl adjacent to an activating group) is 1. The fraction of sp³-hybridized carbons (Fsp3) is 0.417. The Balaban J connectivity index is 2.18. The van der Waals surface area contributed by atoms with E-state index in [1.54, 1.807) is 5.01 Å². The van der Waals surface area contributed by atoms with Gasteiger partial charge in [0.05, 0.1) is 10.5 Å². The van der Waals surface area contributed by atoms with Crippen LogP contribution in [0.5, 0.6) is 0 Å². The third-order valence-corrected chi connectivity index (χ3v) is 5.57. The number of nitrogens with one attached hydrogen (secondary N) is 1. The summed E-state index contributed by atoms with van der Waals surface area (Å²) in [7, 11) is -1.75. The van der Waals surface area contributed by atoms with Crippen LogP contribution in [0.25, 0.3) is 0 Å². The van der Waals surface area contributed by atoms with Crippen LogP contribution in [0.1, 0.15) is 10.4 Å². The Morgan fingerprint density at radius 1 is 1.29 bits per heavy atom. The first kappa shape index (κ1) is 16.4. The maximum absolute atomic E-state index is 12.3. The first-order valence-corrected chi connectivity index (χ1v) is 8.56. The molecule has 2 N–H and O–H groups in total. The van der Waals surface area contributed by atoms with Crippen molar-refractivity contribution < 1.29 is 18.3 Å². The van der Waals surface area contributed by atoms with Crippen LogP contribution in [0.15, 0.2) is 27.6 Å². The predicted molar refractivity (Wildman–Crippen MR) is 80.5 cm³/mol. The second kappa shape index (κ2) is 6.41. The molecule has 9 heteroatoms. The Morgan fingerprint density at radius 2 is 1.90 bits per heavy atom. The number of piperazine rings is 1. The monoisotopic (exact) mass is 377 g/mol. The summed E-state index contributed by atoms with van der Waals surface area (Å²) in [5, 5.41) is 10.5. The molecule has 0 aromatic heterocycles. The van der Waals surface area contributed by atoms with Crippen LogP contribution < -0.4 is 4.83 Å². The molecule has 1 aromatic rings. The number of hydrazine groups is 1. The van der Waals surface area contributed by atoms with Crippen LogP contribution in [0.2, 0.25) is 0 Å². The van der Waals surface area contributed by atoms with Gasteiger partial charge in [0.2, 0.25) is 0 Å². The van der Waals surface area contributed by atoms with Crippen molar-refractivity contribution in [3.05, 3.63) is 28.2 Å². The molecule has 1 aliphatic rings. The Hall–Kier alpha value is -1.00. The summed E-state index contributed by atoms with van der Waals surface area (Å²) in [5.41, 5.74) is 0.0282. The third kappa shape index (κ3) is 4.01. The lowest BCUT2D eigenvalue weighted by molar-refractivity contribution is 0.0696. The van der Waals surface area contributed by atoms with Crippen LogP contribution in [-0.2, 0) is 10.0 Å². The number of hydrogen-bond donors (Lipinski definition) is 2. The van der Waals surface area contributed by atoms with Crippen molar-refractivity contribution in [3.8, 4) is 0 Å². The molecule has 0 saturated carbocycles. The zero-order chi connectivity index (χ0) is 15.6. The zero-order valence-corrected chi connectivity index (χ0v) is 13.8. The molecule has 1 aliphatic heterocycles. The normalized spacial score (nSPS) is 17.8. The summed E-state index contributed by atoms with van der Waals surface area (Å²) in [6.07, 6.45) is 0. The van der Waals surface area contributed by atoms with Gasteiger partial charge in [0.15, 0.2) is 0 Å². The van der Waals surface area contributed by atoms with Gasteiger partial charge >= 0.3 is 5.97 Å². The Morgan fingerprint density at radius 3 is 2.43 bits per heavy atom. The maximum Gasteiger partial charge on any atom is 0.335 e. The standard InChI is InChI=1S/C12H16BrN3O4S/c1-15-4-6-16(7-5-15)14-21(19,20)11-3-2-9(12(17)18)8-10(11)13/h2-3,8,14H,4-7H2,1H3,(H,17,18). The average Bonchev–Trinajstić information content (AvgIpc) is 2.40. The minimum atomic E-state index is -3.73. The number of rotatable bonds is 4. The molecule has 0 amide bonds. The van der Waals surface area contributed by atoms with Gasteiger partial charge in [-0.15, -0.1) is 4.83 Å². The van der Waals surface area contributed by atoms with Crippen molar-refractivity contribution in [1.29, 1.82) is 0 Å². The van der Waals surface area contributed by atoms with Gasteiger partial charge in [-0.3, -0.25) is 0 Å². The van der Waals surface area contributed by atoms with Gasteiger partial charge in [-0.1, -0.05) is 0 Å². The van der Waals surface area contributed by atoms with Gasteiger partial charge < -0.3 is 10.0 Å². The molecule has 0 radical (unpaired) electrons. The van der Waals surface area contributed by atoms with E-state index in [-0.39, 0.29) is 14.9 Å². The number of sulfonamides is 1. The summed E-state index contributed by atoms with van der Waals surface area (Å²) in [5.74, 6) is -1.10. The van der Waals surface area contributed by atoms with Gasteiger partial charge in [0, 0.05) is 30.7 Å². The minimum Gasteiger partial charge on any atom is -0.478 e. The smallest absolute Gasteiger partial charge is 0.335 e. The van der Waals surface area contributed by atoms with Crippen molar-refractivity contribution in [2.75, 3.05) is 33.2 Å². The lowest BCUT2D eigenvalue weighted by Gasteiger charge is -2.32. The quantitative estimate of drug-likeness (QED) is 0.797. The van der Waals surface area contributed by atoms with Crippen LogP contribution in [-0.4, -0.2) is 62.6 Å². The van der Waals surface area contributed by atoms with E-state index in [0.717, 1.165) is 13.1 Å². The number of halogens is 1. The summed E-state index contributed by atoms with van der Waals surface area (Å²) < 4.78 is 24.9. The van der Waals surface area contributed by atoms with E-state index < -0.39 is 16.0 Å². The van der Waals surface area contributed by atoms with Gasteiger partial charge in [-0.25, -0.2) is 18.2 Å². The SMILES string of the molecule is CN1CCN(NS(=O)(=O)c2ccc(C(=O)O)cc2Br)CC1. The van der Waals surface area contributed by atoms with Crippen molar-refractivity contribution in [1.82, 2.24) is 14.7 Å². The van der Waals surface area contributed by atoms with Crippen molar-refractivity contribution in [3.63, 3.8) is 0 Å². The second-order valence-electron chi connectivity index (χ2n) is 4.84. The highest BCUT2D eigenvalue weighted by atomic mass is 79.9. The van der Waals surface area contributed by atoms with Gasteiger partial charge in [0.25, 0.3) is 10.0 Å². The van der Waals surface area contributed by atoms with Gasteiger partial charge in [-0.05, 0) is 41.2 Å². The summed E-state index contributed by atoms with van der Waals surface area (Å²) in [6, 6.07) is 3.83. The molecular formula is C12H16BrN3O4S. The predicted octanol–water partition coefficient (Wildman–Crippen LogP) is 0.588. The Bertz CT molecular complexity index is 642. The highest BCUT2D eigenvalue weighted by Crippen LogP contribution is 2.23. The van der Waals surface area contributed by atoms with E-state index in [1.165, 1.54) is 18.2 Å². The molecule has 0 aliphatic carbocycles. The van der Waals surface area contributed by atoms with Crippen LogP contribution in [0, 0.1) is 0 Å². The van der Waals surface area contributed by atoms with E-state index in [2.05, 4.69) is 25.7 Å². The average molecular weight is 378 g/mol. The van der Waals surface area contributed by atoms with E-state index in [9.17, 15) is 13.2 Å². The molecule has 1 saturated heterocycles. The van der Waals surface area contributed by atoms with Crippen molar-refractivity contribution >= 4 is 31.9 Å². The van der Waals surface area contributed by atoms with Crippen molar-refractivity contribution in [2.45, 2.75) is 4.90 Å².